The third-order valence-corrected chi connectivity index (χ3v) is 6.35. The lowest BCUT2D eigenvalue weighted by Crippen LogP contribution is -2.37. The van der Waals surface area contributed by atoms with Gasteiger partial charge in [-0.2, -0.15) is 5.26 Å². The van der Waals surface area contributed by atoms with E-state index in [1.165, 1.54) is 0 Å². The molecule has 1 aliphatic heterocycles. The van der Waals surface area contributed by atoms with Gasteiger partial charge >= 0.3 is 6.09 Å². The summed E-state index contributed by atoms with van der Waals surface area (Å²) in [5.74, 6) is 0. The second-order valence-electron chi connectivity index (χ2n) is 6.91. The van der Waals surface area contributed by atoms with Crippen LogP contribution in [0.1, 0.15) is 40.2 Å². The van der Waals surface area contributed by atoms with Crippen LogP contribution in [0.3, 0.4) is 0 Å². The Kier molecular flexibility index (Phi) is 10.0. The fourth-order valence-corrected chi connectivity index (χ4v) is 4.45. The molecule has 31 heavy (non-hydrogen) atoms. The summed E-state index contributed by atoms with van der Waals surface area (Å²) in [6.45, 7) is 8.42. The van der Waals surface area contributed by atoms with Crippen LogP contribution in [-0.2, 0) is 17.7 Å². The van der Waals surface area contributed by atoms with Gasteiger partial charge in [-0.05, 0) is 25.1 Å². The van der Waals surface area contributed by atoms with E-state index in [-0.39, 0.29) is 6.09 Å². The lowest BCUT2D eigenvalue weighted by molar-refractivity contribution is 0.0881. The summed E-state index contributed by atoms with van der Waals surface area (Å²) in [6.07, 6.45) is 1.28. The molecule has 0 saturated carbocycles. The third kappa shape index (κ3) is 6.81. The van der Waals surface area contributed by atoms with Crippen molar-refractivity contribution < 1.29 is 14.3 Å². The summed E-state index contributed by atoms with van der Waals surface area (Å²) < 4.78 is 5.39. The maximum atomic E-state index is 12.2. The maximum absolute atomic E-state index is 12.2. The Bertz CT molecular complexity index is 888. The number of amides is 1. The number of anilines is 1. The smallest absolute Gasteiger partial charge is 0.410 e. The molecule has 8 heteroatoms. The minimum absolute atomic E-state index is 0.263. The van der Waals surface area contributed by atoms with Crippen LogP contribution in [-0.4, -0.2) is 62.0 Å². The summed E-state index contributed by atoms with van der Waals surface area (Å²) in [4.78, 5) is 27.2. The number of ether oxygens (including phenoxy) is 1. The van der Waals surface area contributed by atoms with Crippen LogP contribution in [0, 0.1) is 11.3 Å². The van der Waals surface area contributed by atoms with Crippen LogP contribution < -0.4 is 5.32 Å². The van der Waals surface area contributed by atoms with E-state index in [1.54, 1.807) is 28.4 Å². The minimum atomic E-state index is -0.263. The molecule has 3 rings (SSSR count). The van der Waals surface area contributed by atoms with E-state index < -0.39 is 0 Å². The number of benzene rings is 1. The van der Waals surface area contributed by atoms with Crippen molar-refractivity contribution in [2.75, 3.05) is 45.2 Å². The van der Waals surface area contributed by atoms with E-state index in [0.29, 0.717) is 26.1 Å². The van der Waals surface area contributed by atoms with Crippen LogP contribution in [0.5, 0.6) is 0 Å². The van der Waals surface area contributed by atoms with Gasteiger partial charge in [-0.1, -0.05) is 44.2 Å². The number of hydrogen-bond donors (Lipinski definition) is 1. The number of nitriles is 1. The van der Waals surface area contributed by atoms with Gasteiger partial charge in [0.15, 0.2) is 0 Å². The van der Waals surface area contributed by atoms with Crippen molar-refractivity contribution in [1.29, 1.82) is 5.26 Å². The minimum Gasteiger partial charge on any atom is -0.448 e. The second kappa shape index (κ2) is 12.7. The van der Waals surface area contributed by atoms with Crippen molar-refractivity contribution in [1.82, 2.24) is 9.80 Å². The summed E-state index contributed by atoms with van der Waals surface area (Å²) in [5.41, 5.74) is 2.53. The molecule has 1 N–H and O–H groups in total. The Labute approximate surface area is 188 Å². The van der Waals surface area contributed by atoms with E-state index in [2.05, 4.69) is 30.1 Å². The first-order valence-electron chi connectivity index (χ1n) is 10.4. The standard InChI is InChI=1S/C16H24N4O2S.C7H6O/c1-4-19(5-2)8-9-22-16(21)20-7-6-12-13(10-17)15(18-3)23-14(12)11-20;8-6-7-4-2-1-3-5-7/h18H,4-9,11H2,1-3H3;1-6H. The highest BCUT2D eigenvalue weighted by Crippen LogP contribution is 2.36. The summed E-state index contributed by atoms with van der Waals surface area (Å²) in [6, 6.07) is 11.4. The maximum Gasteiger partial charge on any atom is 0.410 e. The topological polar surface area (TPSA) is 85.7 Å². The fraction of sp³-hybridized carbons (Fsp3) is 0.435. The second-order valence-corrected chi connectivity index (χ2v) is 8.02. The quantitative estimate of drug-likeness (QED) is 0.653. The highest BCUT2D eigenvalue weighted by molar-refractivity contribution is 7.16. The normalized spacial score (nSPS) is 12.3. The molecule has 0 bridgehead atoms. The molecular formula is C23H30N4O3S. The summed E-state index contributed by atoms with van der Waals surface area (Å²) in [7, 11) is 1.82. The SMILES string of the molecule is CCN(CC)CCOC(=O)N1CCc2c(sc(NC)c2C#N)C1.O=Cc1ccccc1. The van der Waals surface area contributed by atoms with Gasteiger partial charge in [-0.3, -0.25) is 4.79 Å². The van der Waals surface area contributed by atoms with Crippen LogP contribution in [0.4, 0.5) is 9.80 Å². The lowest BCUT2D eigenvalue weighted by atomic mass is 10.0. The average molecular weight is 443 g/mol. The molecule has 1 aliphatic rings. The Morgan fingerprint density at radius 2 is 2.03 bits per heavy atom. The van der Waals surface area contributed by atoms with Gasteiger partial charge < -0.3 is 19.9 Å². The van der Waals surface area contributed by atoms with E-state index in [1.807, 2.05) is 25.2 Å². The summed E-state index contributed by atoms with van der Waals surface area (Å²) in [5, 5.41) is 13.2. The molecule has 0 radical (unpaired) electrons. The van der Waals surface area contributed by atoms with Gasteiger partial charge in [0.05, 0.1) is 12.1 Å². The van der Waals surface area contributed by atoms with Gasteiger partial charge in [0, 0.05) is 30.6 Å². The first-order valence-corrected chi connectivity index (χ1v) is 11.3. The zero-order chi connectivity index (χ0) is 22.6. The monoisotopic (exact) mass is 442 g/mol. The van der Waals surface area contributed by atoms with Crippen LogP contribution in [0.25, 0.3) is 0 Å². The molecule has 0 atom stereocenters. The molecule has 1 aromatic heterocycles. The molecule has 166 valence electrons. The number of rotatable bonds is 7. The predicted molar refractivity (Wildman–Crippen MR) is 124 cm³/mol. The lowest BCUT2D eigenvalue weighted by Gasteiger charge is -2.26. The van der Waals surface area contributed by atoms with Crippen molar-refractivity contribution in [3.8, 4) is 6.07 Å². The fourth-order valence-electron chi connectivity index (χ4n) is 3.28. The molecule has 2 aromatic rings. The predicted octanol–water partition coefficient (Wildman–Crippen LogP) is 4.00. The van der Waals surface area contributed by atoms with Crippen molar-refractivity contribution in [2.45, 2.75) is 26.8 Å². The Balaban J connectivity index is 0.000000357. The number of hydrogen-bond acceptors (Lipinski definition) is 7. The number of nitrogens with one attached hydrogen (secondary N) is 1. The van der Waals surface area contributed by atoms with E-state index in [4.69, 9.17) is 4.74 Å². The van der Waals surface area contributed by atoms with Gasteiger partial charge in [0.25, 0.3) is 0 Å². The van der Waals surface area contributed by atoms with Crippen molar-refractivity contribution in [2.24, 2.45) is 0 Å². The molecule has 1 amide bonds. The van der Waals surface area contributed by atoms with Gasteiger partial charge in [0.1, 0.15) is 24.0 Å². The van der Waals surface area contributed by atoms with Crippen LogP contribution >= 0.6 is 11.3 Å². The Morgan fingerprint density at radius 3 is 2.58 bits per heavy atom. The molecule has 0 fully saturated rings. The molecule has 0 aliphatic carbocycles. The molecule has 7 nitrogen and oxygen atoms in total. The molecule has 0 unspecified atom stereocenters. The number of aldehydes is 1. The third-order valence-electron chi connectivity index (χ3n) is 5.12. The number of likely N-dealkylation sites (N-methyl/N-ethyl adjacent to an activating group) is 1. The van der Waals surface area contributed by atoms with E-state index in [9.17, 15) is 14.9 Å². The molecule has 1 aromatic carbocycles. The van der Waals surface area contributed by atoms with Crippen molar-refractivity contribution >= 4 is 28.7 Å². The molecule has 2 heterocycles. The Hall–Kier alpha value is -2.89. The number of carbonyl (C=O) groups is 2. The first kappa shape index (κ1) is 24.4. The molecule has 0 spiro atoms. The van der Waals surface area contributed by atoms with E-state index >= 15 is 0 Å². The highest BCUT2D eigenvalue weighted by atomic mass is 32.1. The average Bonchev–Trinajstić information content (AvgIpc) is 3.19. The Morgan fingerprint density at radius 1 is 1.32 bits per heavy atom. The molecule has 0 saturated heterocycles. The van der Waals surface area contributed by atoms with Gasteiger partial charge in [-0.15, -0.1) is 11.3 Å². The largest absolute Gasteiger partial charge is 0.448 e. The zero-order valence-corrected chi connectivity index (χ0v) is 19.2. The zero-order valence-electron chi connectivity index (χ0n) is 18.4. The van der Waals surface area contributed by atoms with Crippen LogP contribution in [0.2, 0.25) is 0 Å². The van der Waals surface area contributed by atoms with Crippen LogP contribution in [0.15, 0.2) is 30.3 Å². The number of thiophene rings is 1. The van der Waals surface area contributed by atoms with Gasteiger partial charge in [-0.25, -0.2) is 4.79 Å². The number of carbonyl (C=O) groups excluding carboxylic acids is 2. The molecular weight excluding hydrogens is 412 g/mol. The van der Waals surface area contributed by atoms with Crippen molar-refractivity contribution in [3.63, 3.8) is 0 Å². The van der Waals surface area contributed by atoms with E-state index in [0.717, 1.165) is 52.5 Å². The summed E-state index contributed by atoms with van der Waals surface area (Å²) >= 11 is 1.55. The van der Waals surface area contributed by atoms with Gasteiger partial charge in [0.2, 0.25) is 0 Å². The number of fused-ring (bicyclic) bond motifs is 1. The van der Waals surface area contributed by atoms with Crippen molar-refractivity contribution in [3.05, 3.63) is 51.9 Å². The highest BCUT2D eigenvalue weighted by Gasteiger charge is 2.27. The first-order chi connectivity index (χ1) is 15.1. The number of nitrogens with zero attached hydrogens (tertiary/aromatic N) is 3.